The normalized spacial score (nSPS) is 15.2. The molecule has 0 aliphatic heterocycles. The summed E-state index contributed by atoms with van der Waals surface area (Å²) in [6.07, 6.45) is 3.62. The van der Waals surface area contributed by atoms with Crippen LogP contribution in [0.2, 0.25) is 0 Å². The fourth-order valence-corrected chi connectivity index (χ4v) is 5.22. The zero-order chi connectivity index (χ0) is 23.0. The third-order valence-electron chi connectivity index (χ3n) is 6.98. The van der Waals surface area contributed by atoms with E-state index in [9.17, 15) is 9.59 Å². The van der Waals surface area contributed by atoms with Crippen LogP contribution in [0.15, 0.2) is 48.5 Å². The van der Waals surface area contributed by atoms with Crippen LogP contribution in [0.1, 0.15) is 79.8 Å². The second-order valence-electron chi connectivity index (χ2n) is 9.01. The maximum Gasteiger partial charge on any atom is 0.346 e. The van der Waals surface area contributed by atoms with Crippen LogP contribution in [0.3, 0.4) is 0 Å². The van der Waals surface area contributed by atoms with Crippen molar-refractivity contribution in [1.29, 1.82) is 0 Å². The number of rotatable bonds is 3. The Bertz CT molecular complexity index is 1210. The van der Waals surface area contributed by atoms with Gasteiger partial charge in [0.1, 0.15) is 0 Å². The largest absolute Gasteiger partial charge is 0.386 e. The van der Waals surface area contributed by atoms with Crippen molar-refractivity contribution in [3.05, 3.63) is 93.0 Å². The maximum absolute atomic E-state index is 12.7. The van der Waals surface area contributed by atoms with Crippen LogP contribution < -0.4 is 0 Å². The average Bonchev–Trinajstić information content (AvgIpc) is 2.78. The van der Waals surface area contributed by atoms with Gasteiger partial charge in [0.25, 0.3) is 0 Å². The van der Waals surface area contributed by atoms with Gasteiger partial charge < -0.3 is 4.74 Å². The molecule has 3 aromatic carbocycles. The molecule has 0 saturated carbocycles. The smallest absolute Gasteiger partial charge is 0.346 e. The van der Waals surface area contributed by atoms with E-state index >= 15 is 0 Å². The van der Waals surface area contributed by atoms with E-state index < -0.39 is 11.9 Å². The topological polar surface area (TPSA) is 43.4 Å². The molecule has 4 rings (SSSR count). The molecule has 0 aromatic heterocycles. The molecule has 0 fully saturated rings. The zero-order valence-corrected chi connectivity index (χ0v) is 19.5. The Balaban J connectivity index is 1.68. The summed E-state index contributed by atoms with van der Waals surface area (Å²) in [5, 5.41) is 0. The molecule has 1 aliphatic carbocycles. The molecule has 0 spiro atoms. The van der Waals surface area contributed by atoms with E-state index in [4.69, 9.17) is 4.74 Å². The zero-order valence-electron chi connectivity index (χ0n) is 19.5. The minimum atomic E-state index is -0.634. The first-order valence-electron chi connectivity index (χ1n) is 11.3. The summed E-state index contributed by atoms with van der Waals surface area (Å²) in [5.74, 6) is -0.650. The number of carbonyl (C=O) groups excluding carboxylic acids is 2. The summed E-state index contributed by atoms with van der Waals surface area (Å²) in [6, 6.07) is 14.4. The van der Waals surface area contributed by atoms with Crippen molar-refractivity contribution < 1.29 is 14.3 Å². The molecule has 0 heterocycles. The molecule has 0 saturated heterocycles. The maximum atomic E-state index is 12.7. The third kappa shape index (κ3) is 3.88. The second kappa shape index (κ2) is 8.74. The number of hydrogen-bond acceptors (Lipinski definition) is 3. The highest BCUT2D eigenvalue weighted by atomic mass is 16.6. The van der Waals surface area contributed by atoms with Gasteiger partial charge in [-0.05, 0) is 116 Å². The lowest BCUT2D eigenvalue weighted by Gasteiger charge is -2.30. The van der Waals surface area contributed by atoms with Gasteiger partial charge in [0, 0.05) is 0 Å². The van der Waals surface area contributed by atoms with E-state index in [2.05, 4.69) is 27.7 Å². The van der Waals surface area contributed by atoms with Crippen molar-refractivity contribution in [3.8, 4) is 11.1 Å². The highest BCUT2D eigenvalue weighted by Crippen LogP contribution is 2.42. The minimum Gasteiger partial charge on any atom is -0.386 e. The van der Waals surface area contributed by atoms with Gasteiger partial charge in [-0.2, -0.15) is 0 Å². The molecule has 1 unspecified atom stereocenters. The third-order valence-corrected chi connectivity index (χ3v) is 6.98. The van der Waals surface area contributed by atoms with Crippen LogP contribution in [0.4, 0.5) is 0 Å². The number of ether oxygens (including phenoxy) is 1. The molecule has 0 radical (unpaired) electrons. The van der Waals surface area contributed by atoms with Gasteiger partial charge in [-0.3, -0.25) is 0 Å². The Hall–Kier alpha value is -3.20. The van der Waals surface area contributed by atoms with E-state index in [1.54, 1.807) is 30.3 Å². The summed E-state index contributed by atoms with van der Waals surface area (Å²) >= 11 is 0. The van der Waals surface area contributed by atoms with Crippen LogP contribution in [0, 0.1) is 27.7 Å². The molecule has 0 amide bonds. The van der Waals surface area contributed by atoms with Crippen LogP contribution in [-0.2, 0) is 11.2 Å². The van der Waals surface area contributed by atoms with Crippen molar-refractivity contribution in [2.75, 3.05) is 0 Å². The van der Waals surface area contributed by atoms with Gasteiger partial charge in [-0.15, -0.1) is 0 Å². The first-order valence-corrected chi connectivity index (χ1v) is 11.3. The number of benzene rings is 3. The van der Waals surface area contributed by atoms with Crippen LogP contribution >= 0.6 is 0 Å². The second-order valence-corrected chi connectivity index (χ2v) is 9.01. The van der Waals surface area contributed by atoms with Crippen molar-refractivity contribution in [3.63, 3.8) is 0 Å². The van der Waals surface area contributed by atoms with E-state index in [0.29, 0.717) is 17.0 Å². The highest BCUT2D eigenvalue weighted by molar-refractivity contribution is 6.03. The van der Waals surface area contributed by atoms with E-state index in [1.165, 1.54) is 46.2 Å². The number of carbonyl (C=O) groups is 2. The summed E-state index contributed by atoms with van der Waals surface area (Å²) in [7, 11) is 0. The molecule has 0 bridgehead atoms. The number of hydrogen-bond donors (Lipinski definition) is 0. The minimum absolute atomic E-state index is 0.361. The molecule has 3 nitrogen and oxygen atoms in total. The van der Waals surface area contributed by atoms with Crippen molar-refractivity contribution in [2.24, 2.45) is 0 Å². The molecular formula is C29H30O3. The van der Waals surface area contributed by atoms with Crippen molar-refractivity contribution in [2.45, 2.75) is 59.8 Å². The molecular weight excluding hydrogens is 396 g/mol. The van der Waals surface area contributed by atoms with Crippen LogP contribution in [0.25, 0.3) is 11.1 Å². The lowest BCUT2D eigenvalue weighted by molar-refractivity contribution is 0.0397. The van der Waals surface area contributed by atoms with Gasteiger partial charge in [-0.25, -0.2) is 9.59 Å². The SMILES string of the molecule is Cc1cc(-c2c(C)c(C)c3c(c2C)CCCC3C)ccc1C(=O)OC(=O)c1ccccc1. The van der Waals surface area contributed by atoms with Crippen molar-refractivity contribution >= 4 is 11.9 Å². The number of esters is 2. The Morgan fingerprint density at radius 1 is 0.875 bits per heavy atom. The first kappa shape index (κ1) is 22.0. The van der Waals surface area contributed by atoms with E-state index in [0.717, 1.165) is 17.5 Å². The Labute approximate surface area is 190 Å². The average molecular weight is 427 g/mol. The molecule has 3 aromatic rings. The summed E-state index contributed by atoms with van der Waals surface area (Å²) in [4.78, 5) is 24.9. The lowest BCUT2D eigenvalue weighted by Crippen LogP contribution is -2.14. The Morgan fingerprint density at radius 2 is 1.59 bits per heavy atom. The van der Waals surface area contributed by atoms with Gasteiger partial charge in [0.05, 0.1) is 11.1 Å². The van der Waals surface area contributed by atoms with Gasteiger partial charge >= 0.3 is 11.9 Å². The molecule has 3 heteroatoms. The predicted octanol–water partition coefficient (Wildman–Crippen LogP) is 7.02. The lowest BCUT2D eigenvalue weighted by atomic mass is 9.75. The fourth-order valence-electron chi connectivity index (χ4n) is 5.22. The van der Waals surface area contributed by atoms with E-state index in [1.807, 2.05) is 25.1 Å². The predicted molar refractivity (Wildman–Crippen MR) is 128 cm³/mol. The van der Waals surface area contributed by atoms with Gasteiger partial charge in [0.15, 0.2) is 0 Å². The monoisotopic (exact) mass is 426 g/mol. The van der Waals surface area contributed by atoms with Gasteiger partial charge in [0.2, 0.25) is 0 Å². The quantitative estimate of drug-likeness (QED) is 0.334. The number of fused-ring (bicyclic) bond motifs is 1. The molecule has 1 atom stereocenters. The summed E-state index contributed by atoms with van der Waals surface area (Å²) in [5.41, 5.74) is 11.0. The van der Waals surface area contributed by atoms with Crippen LogP contribution in [0.5, 0.6) is 0 Å². The number of aryl methyl sites for hydroxylation is 1. The molecule has 1 aliphatic rings. The fraction of sp³-hybridized carbons (Fsp3) is 0.310. The van der Waals surface area contributed by atoms with E-state index in [-0.39, 0.29) is 0 Å². The standard InChI is InChI=1S/C29H30O3/c1-17-10-9-13-25-21(5)27(20(4)19(3)26(17)25)23-14-15-24(18(2)16-23)29(31)32-28(30)22-11-7-6-8-12-22/h6-8,11-12,14-17H,9-10,13H2,1-5H3. The Morgan fingerprint density at radius 3 is 2.28 bits per heavy atom. The highest BCUT2D eigenvalue weighted by Gasteiger charge is 2.25. The molecule has 0 N–H and O–H groups in total. The molecule has 32 heavy (non-hydrogen) atoms. The molecule has 164 valence electrons. The van der Waals surface area contributed by atoms with Crippen LogP contribution in [-0.4, -0.2) is 11.9 Å². The van der Waals surface area contributed by atoms with Gasteiger partial charge in [-0.1, -0.05) is 37.3 Å². The summed E-state index contributed by atoms with van der Waals surface area (Å²) in [6.45, 7) is 10.9. The first-order chi connectivity index (χ1) is 15.3. The summed E-state index contributed by atoms with van der Waals surface area (Å²) < 4.78 is 5.12. The van der Waals surface area contributed by atoms with Crippen molar-refractivity contribution in [1.82, 2.24) is 0 Å². The Kier molecular flexibility index (Phi) is 6.01.